The van der Waals surface area contributed by atoms with E-state index in [2.05, 4.69) is 4.98 Å². The molecule has 3 aromatic heterocycles. The molecule has 1 aliphatic rings. The van der Waals surface area contributed by atoms with E-state index in [4.69, 9.17) is 25.7 Å². The lowest BCUT2D eigenvalue weighted by molar-refractivity contribution is 0.178. The molecule has 4 heterocycles. The molecule has 35 heavy (non-hydrogen) atoms. The Hall–Kier alpha value is -3.98. The summed E-state index contributed by atoms with van der Waals surface area (Å²) in [5, 5.41) is 0.107. The van der Waals surface area contributed by atoms with Gasteiger partial charge in [0, 0.05) is 0 Å². The molecule has 5 rings (SSSR count). The third-order valence-electron chi connectivity index (χ3n) is 5.98. The lowest BCUT2D eigenvalue weighted by Gasteiger charge is -2.23. The maximum atomic E-state index is 12.7. The zero-order valence-corrected chi connectivity index (χ0v) is 19.7. The van der Waals surface area contributed by atoms with Crippen LogP contribution in [0.25, 0.3) is 11.0 Å². The van der Waals surface area contributed by atoms with Gasteiger partial charge in [-0.2, -0.15) is 0 Å². The summed E-state index contributed by atoms with van der Waals surface area (Å²) in [6.07, 6.45) is 0.128. The van der Waals surface area contributed by atoms with Gasteiger partial charge >= 0.3 is 17.5 Å². The molecule has 2 atom stereocenters. The number of amides is 1. The van der Waals surface area contributed by atoms with Crippen molar-refractivity contribution in [2.24, 2.45) is 0 Å². The van der Waals surface area contributed by atoms with Crippen LogP contribution in [0.15, 0.2) is 68.6 Å². The first kappa shape index (κ1) is 22.8. The third kappa shape index (κ3) is 4.30. The second-order valence-corrected chi connectivity index (χ2v) is 8.81. The van der Waals surface area contributed by atoms with E-state index < -0.39 is 23.5 Å². The van der Waals surface area contributed by atoms with Crippen LogP contribution in [0, 0.1) is 6.92 Å². The normalized spacial score (nSPS) is 16.5. The number of fused-ring (bicyclic) bond motifs is 1. The van der Waals surface area contributed by atoms with Gasteiger partial charge in [0.1, 0.15) is 17.6 Å². The highest BCUT2D eigenvalue weighted by Gasteiger charge is 2.35. The van der Waals surface area contributed by atoms with Gasteiger partial charge < -0.3 is 9.15 Å². The van der Waals surface area contributed by atoms with Crippen molar-refractivity contribution in [3.63, 3.8) is 0 Å². The molecule has 0 radical (unpaired) electrons. The third-order valence-corrected chi connectivity index (χ3v) is 6.19. The molecular weight excluding hydrogens is 472 g/mol. The predicted molar refractivity (Wildman–Crippen MR) is 130 cm³/mol. The SMILES string of the molecule is Cc1cc(C(C)n2c(=O)oc(=O)c3nc(Cl)ccc32)nc(N2C(=O)OC[C@@H]2Cc2ccccc2)c1. The van der Waals surface area contributed by atoms with Crippen molar-refractivity contribution in [2.45, 2.75) is 32.4 Å². The minimum atomic E-state index is -0.864. The largest absolute Gasteiger partial charge is 0.447 e. The molecule has 0 saturated carbocycles. The molecule has 178 valence electrons. The molecule has 1 unspecified atom stereocenters. The molecule has 1 fully saturated rings. The predicted octanol–water partition coefficient (Wildman–Crippen LogP) is 3.88. The topological polar surface area (TPSA) is 108 Å². The quantitative estimate of drug-likeness (QED) is 0.389. The number of cyclic esters (lactones) is 1. The summed E-state index contributed by atoms with van der Waals surface area (Å²) in [5.41, 5.74) is 1.78. The number of hydrogen-bond donors (Lipinski definition) is 0. The van der Waals surface area contributed by atoms with Crippen molar-refractivity contribution in [3.05, 3.63) is 97.5 Å². The fraction of sp³-hybridized carbons (Fsp3) is 0.240. The molecule has 10 heteroatoms. The number of carbonyl (C=O) groups excluding carboxylic acids is 1. The first-order chi connectivity index (χ1) is 16.8. The first-order valence-electron chi connectivity index (χ1n) is 11.0. The molecular formula is C25H21ClN4O5. The van der Waals surface area contributed by atoms with Crippen LogP contribution in [0.3, 0.4) is 0 Å². The fourth-order valence-electron chi connectivity index (χ4n) is 4.34. The monoisotopic (exact) mass is 492 g/mol. The van der Waals surface area contributed by atoms with Gasteiger partial charge in [-0.25, -0.2) is 24.4 Å². The summed E-state index contributed by atoms with van der Waals surface area (Å²) in [6.45, 7) is 3.88. The maximum absolute atomic E-state index is 12.7. The summed E-state index contributed by atoms with van der Waals surface area (Å²) in [4.78, 5) is 47.9. The van der Waals surface area contributed by atoms with Crippen LogP contribution in [0.2, 0.25) is 5.15 Å². The number of anilines is 1. The van der Waals surface area contributed by atoms with E-state index in [1.807, 2.05) is 43.3 Å². The standard InChI is InChI=1S/C25H21ClN4O5/c1-14-10-18(15(2)29-19-8-9-20(26)28-22(19)23(31)35-25(29)33)27-21(11-14)30-17(13-34-24(30)32)12-16-6-4-3-5-7-16/h3-11,15,17H,12-13H2,1-2H3/t15?,17-/m0/s1. The minimum Gasteiger partial charge on any atom is -0.447 e. The Morgan fingerprint density at radius 1 is 1.09 bits per heavy atom. The van der Waals surface area contributed by atoms with Crippen molar-refractivity contribution in [3.8, 4) is 0 Å². The minimum absolute atomic E-state index is 0.0529. The van der Waals surface area contributed by atoms with Crippen molar-refractivity contribution in [1.82, 2.24) is 14.5 Å². The summed E-state index contributed by atoms with van der Waals surface area (Å²) in [5.74, 6) is -0.419. The van der Waals surface area contributed by atoms with Crippen LogP contribution >= 0.6 is 11.6 Å². The van der Waals surface area contributed by atoms with Crippen molar-refractivity contribution < 1.29 is 13.9 Å². The first-order valence-corrected chi connectivity index (χ1v) is 11.4. The number of benzene rings is 1. The van der Waals surface area contributed by atoms with Crippen LogP contribution in [-0.4, -0.2) is 33.3 Å². The highest BCUT2D eigenvalue weighted by atomic mass is 35.5. The second-order valence-electron chi connectivity index (χ2n) is 8.42. The molecule has 0 bridgehead atoms. The molecule has 0 aliphatic carbocycles. The van der Waals surface area contributed by atoms with Gasteiger partial charge in [0.2, 0.25) is 0 Å². The number of nitrogens with zero attached hydrogens (tertiary/aromatic N) is 4. The van der Waals surface area contributed by atoms with Crippen molar-refractivity contribution >= 4 is 34.5 Å². The molecule has 0 N–H and O–H groups in total. The van der Waals surface area contributed by atoms with Crippen molar-refractivity contribution in [1.29, 1.82) is 0 Å². The van der Waals surface area contributed by atoms with E-state index in [-0.39, 0.29) is 28.8 Å². The number of carbonyl (C=O) groups is 1. The maximum Gasteiger partial charge on any atom is 0.423 e. The number of pyridine rings is 2. The molecule has 1 aromatic carbocycles. The van der Waals surface area contributed by atoms with Crippen LogP contribution in [0.4, 0.5) is 10.6 Å². The Bertz CT molecular complexity index is 1550. The highest BCUT2D eigenvalue weighted by molar-refractivity contribution is 6.29. The number of aryl methyl sites for hydroxylation is 1. The van der Waals surface area contributed by atoms with Gasteiger partial charge in [0.25, 0.3) is 0 Å². The average molecular weight is 493 g/mol. The Morgan fingerprint density at radius 3 is 2.63 bits per heavy atom. The molecule has 1 saturated heterocycles. The summed E-state index contributed by atoms with van der Waals surface area (Å²) >= 11 is 5.94. The van der Waals surface area contributed by atoms with Gasteiger partial charge in [-0.3, -0.25) is 9.47 Å². The molecule has 1 amide bonds. The van der Waals surface area contributed by atoms with Crippen LogP contribution in [-0.2, 0) is 11.2 Å². The number of rotatable bonds is 5. The second kappa shape index (κ2) is 8.99. The number of hydrogen-bond acceptors (Lipinski definition) is 7. The van der Waals surface area contributed by atoms with Gasteiger partial charge in [0.05, 0.1) is 23.3 Å². The lowest BCUT2D eigenvalue weighted by Crippen LogP contribution is -2.36. The Balaban J connectivity index is 1.57. The van der Waals surface area contributed by atoms with E-state index >= 15 is 0 Å². The van der Waals surface area contributed by atoms with E-state index in [0.29, 0.717) is 17.9 Å². The van der Waals surface area contributed by atoms with E-state index in [9.17, 15) is 14.4 Å². The zero-order chi connectivity index (χ0) is 24.7. The number of aromatic nitrogens is 3. The number of ether oxygens (including phenoxy) is 1. The van der Waals surface area contributed by atoms with Gasteiger partial charge in [0.15, 0.2) is 5.52 Å². The summed E-state index contributed by atoms with van der Waals surface area (Å²) in [7, 11) is 0. The Labute approximate surface area is 204 Å². The molecule has 9 nitrogen and oxygen atoms in total. The zero-order valence-electron chi connectivity index (χ0n) is 19.0. The smallest absolute Gasteiger partial charge is 0.423 e. The summed E-state index contributed by atoms with van der Waals surface area (Å²) < 4.78 is 11.6. The summed E-state index contributed by atoms with van der Waals surface area (Å²) in [6, 6.07) is 15.6. The molecule has 1 aliphatic heterocycles. The number of halogens is 1. The van der Waals surface area contributed by atoms with E-state index in [1.165, 1.54) is 10.6 Å². The van der Waals surface area contributed by atoms with Crippen LogP contribution in [0.1, 0.15) is 29.8 Å². The van der Waals surface area contributed by atoms with E-state index in [1.54, 1.807) is 24.0 Å². The fourth-order valence-corrected chi connectivity index (χ4v) is 4.48. The van der Waals surface area contributed by atoms with Gasteiger partial charge in [-0.1, -0.05) is 41.9 Å². The van der Waals surface area contributed by atoms with Gasteiger partial charge in [-0.15, -0.1) is 0 Å². The molecule has 4 aromatic rings. The highest BCUT2D eigenvalue weighted by Crippen LogP contribution is 2.28. The molecule has 0 spiro atoms. The Morgan fingerprint density at radius 2 is 1.86 bits per heavy atom. The van der Waals surface area contributed by atoms with Crippen LogP contribution in [0.5, 0.6) is 0 Å². The van der Waals surface area contributed by atoms with Crippen molar-refractivity contribution in [2.75, 3.05) is 11.5 Å². The lowest BCUT2D eigenvalue weighted by atomic mass is 10.1. The van der Waals surface area contributed by atoms with Crippen LogP contribution < -0.4 is 16.3 Å². The van der Waals surface area contributed by atoms with E-state index in [0.717, 1.165) is 11.1 Å². The Kier molecular flexibility index (Phi) is 5.86. The average Bonchev–Trinajstić information content (AvgIpc) is 3.19. The van der Waals surface area contributed by atoms with Gasteiger partial charge in [-0.05, 0) is 55.7 Å².